The molecule has 1 aliphatic heterocycles. The van der Waals surface area contributed by atoms with E-state index in [2.05, 4.69) is 20.2 Å². The maximum atomic E-state index is 12.4. The molecule has 114 valence electrons. The number of nitrogen functional groups attached to an aromatic ring is 1. The first kappa shape index (κ1) is 13.4. The Bertz CT molecular complexity index is 860. The van der Waals surface area contributed by atoms with Gasteiger partial charge in [-0.1, -0.05) is 30.3 Å². The number of benzene rings is 1. The average molecular weight is 306 g/mol. The average Bonchev–Trinajstić information content (AvgIpc) is 3.19. The van der Waals surface area contributed by atoms with Crippen LogP contribution in [-0.4, -0.2) is 26.1 Å². The van der Waals surface area contributed by atoms with E-state index in [9.17, 15) is 4.79 Å². The number of nitrogens with zero attached hydrogens (tertiary/aromatic N) is 4. The molecule has 0 unspecified atom stereocenters. The molecule has 2 aromatic heterocycles. The van der Waals surface area contributed by atoms with E-state index in [1.807, 2.05) is 30.3 Å². The highest BCUT2D eigenvalue weighted by Crippen LogP contribution is 2.33. The smallest absolute Gasteiger partial charge is 0.233 e. The highest BCUT2D eigenvalue weighted by molar-refractivity contribution is 6.01. The van der Waals surface area contributed by atoms with Crippen LogP contribution in [0.1, 0.15) is 11.1 Å². The lowest BCUT2D eigenvalue weighted by atomic mass is 10.2. The summed E-state index contributed by atoms with van der Waals surface area (Å²) in [5, 5.41) is 6.62. The van der Waals surface area contributed by atoms with Gasteiger partial charge in [0.15, 0.2) is 5.82 Å². The summed E-state index contributed by atoms with van der Waals surface area (Å²) >= 11 is 0. The topological polar surface area (TPSA) is 101 Å². The molecule has 1 amide bonds. The quantitative estimate of drug-likeness (QED) is 0.764. The van der Waals surface area contributed by atoms with Gasteiger partial charge in [0.05, 0.1) is 24.7 Å². The first-order valence-corrected chi connectivity index (χ1v) is 7.22. The Kier molecular flexibility index (Phi) is 3.04. The summed E-state index contributed by atoms with van der Waals surface area (Å²) < 4.78 is 0. The summed E-state index contributed by atoms with van der Waals surface area (Å²) in [5.74, 6) is 1.37. The number of rotatable bonds is 3. The van der Waals surface area contributed by atoms with Crippen LogP contribution in [-0.2, 0) is 17.8 Å². The third-order valence-electron chi connectivity index (χ3n) is 3.84. The summed E-state index contributed by atoms with van der Waals surface area (Å²) in [4.78, 5) is 22.9. The van der Waals surface area contributed by atoms with Crippen LogP contribution in [0.5, 0.6) is 0 Å². The van der Waals surface area contributed by atoms with Gasteiger partial charge in [0.1, 0.15) is 11.6 Å². The lowest BCUT2D eigenvalue weighted by molar-refractivity contribution is -0.117. The zero-order chi connectivity index (χ0) is 15.8. The molecule has 0 spiro atoms. The number of carbonyl (C=O) groups excluding carboxylic acids is 1. The monoisotopic (exact) mass is 306 g/mol. The van der Waals surface area contributed by atoms with Gasteiger partial charge in [0.2, 0.25) is 5.91 Å². The molecule has 1 aliphatic rings. The van der Waals surface area contributed by atoms with E-state index in [-0.39, 0.29) is 12.3 Å². The van der Waals surface area contributed by atoms with E-state index in [4.69, 9.17) is 5.73 Å². The van der Waals surface area contributed by atoms with Crippen molar-refractivity contribution in [2.24, 2.45) is 0 Å². The highest BCUT2D eigenvalue weighted by atomic mass is 16.2. The predicted octanol–water partition coefficient (Wildman–Crippen LogP) is 1.54. The number of nitrogens with two attached hydrogens (primary N) is 1. The van der Waals surface area contributed by atoms with Gasteiger partial charge in [0, 0.05) is 11.8 Å². The third kappa shape index (κ3) is 2.32. The predicted molar refractivity (Wildman–Crippen MR) is 85.4 cm³/mol. The van der Waals surface area contributed by atoms with Crippen LogP contribution in [0.2, 0.25) is 0 Å². The minimum atomic E-state index is -0.0193. The second-order valence-electron chi connectivity index (χ2n) is 5.36. The molecule has 4 rings (SSSR count). The largest absolute Gasteiger partial charge is 0.383 e. The molecule has 3 heterocycles. The van der Waals surface area contributed by atoms with Gasteiger partial charge in [-0.3, -0.25) is 14.8 Å². The van der Waals surface area contributed by atoms with Gasteiger partial charge in [-0.05, 0) is 5.56 Å². The van der Waals surface area contributed by atoms with Crippen molar-refractivity contribution in [2.45, 2.75) is 13.0 Å². The van der Waals surface area contributed by atoms with Crippen molar-refractivity contribution in [3.8, 4) is 11.4 Å². The zero-order valence-corrected chi connectivity index (χ0v) is 12.2. The number of anilines is 2. The number of hydrogen-bond acceptors (Lipinski definition) is 5. The molecule has 0 atom stereocenters. The summed E-state index contributed by atoms with van der Waals surface area (Å²) in [6.07, 6.45) is 3.55. The SMILES string of the molecule is Nc1nc(-c2cn[nH]c2)nc2c1CC(=O)N2Cc1ccccc1. The van der Waals surface area contributed by atoms with E-state index < -0.39 is 0 Å². The molecule has 3 aromatic rings. The van der Waals surface area contributed by atoms with Crippen LogP contribution in [0.3, 0.4) is 0 Å². The van der Waals surface area contributed by atoms with E-state index in [1.54, 1.807) is 17.3 Å². The zero-order valence-electron chi connectivity index (χ0n) is 12.2. The second-order valence-corrected chi connectivity index (χ2v) is 5.36. The van der Waals surface area contributed by atoms with Crippen LogP contribution in [0, 0.1) is 0 Å². The van der Waals surface area contributed by atoms with E-state index in [1.165, 1.54) is 0 Å². The molecule has 3 N–H and O–H groups in total. The molecule has 0 aliphatic carbocycles. The van der Waals surface area contributed by atoms with Crippen molar-refractivity contribution in [1.82, 2.24) is 20.2 Å². The summed E-state index contributed by atoms with van der Waals surface area (Å²) in [7, 11) is 0. The van der Waals surface area contributed by atoms with E-state index >= 15 is 0 Å². The summed E-state index contributed by atoms with van der Waals surface area (Å²) in [5.41, 5.74) is 8.50. The second kappa shape index (κ2) is 5.20. The number of amides is 1. The minimum Gasteiger partial charge on any atom is -0.383 e. The third-order valence-corrected chi connectivity index (χ3v) is 3.84. The molecular weight excluding hydrogens is 292 g/mol. The Morgan fingerprint density at radius 2 is 2.04 bits per heavy atom. The van der Waals surface area contributed by atoms with Crippen molar-refractivity contribution in [3.05, 3.63) is 53.9 Å². The Morgan fingerprint density at radius 1 is 1.22 bits per heavy atom. The van der Waals surface area contributed by atoms with Gasteiger partial charge in [0.25, 0.3) is 0 Å². The van der Waals surface area contributed by atoms with Crippen LogP contribution in [0.15, 0.2) is 42.7 Å². The standard InChI is InChI=1S/C16H14N6O/c17-14-12-6-13(23)22(9-10-4-2-1-3-5-10)16(12)21-15(20-14)11-7-18-19-8-11/h1-5,7-8H,6,9H2,(H,18,19)(H2,17,20,21). The fourth-order valence-electron chi connectivity index (χ4n) is 2.68. The normalized spacial score (nSPS) is 13.4. The van der Waals surface area contributed by atoms with Crippen LogP contribution in [0.4, 0.5) is 11.6 Å². The van der Waals surface area contributed by atoms with Crippen molar-refractivity contribution in [2.75, 3.05) is 10.6 Å². The number of carbonyl (C=O) groups is 1. The number of nitrogens with one attached hydrogen (secondary N) is 1. The van der Waals surface area contributed by atoms with Crippen molar-refractivity contribution >= 4 is 17.5 Å². The fourth-order valence-corrected chi connectivity index (χ4v) is 2.68. The Labute approximate surface area is 132 Å². The fraction of sp³-hybridized carbons (Fsp3) is 0.125. The Morgan fingerprint density at radius 3 is 2.78 bits per heavy atom. The molecule has 0 saturated carbocycles. The molecule has 1 aromatic carbocycles. The Balaban J connectivity index is 1.76. The molecule has 0 bridgehead atoms. The lowest BCUT2D eigenvalue weighted by Crippen LogP contribution is -2.26. The summed E-state index contributed by atoms with van der Waals surface area (Å²) in [6, 6.07) is 9.80. The maximum absolute atomic E-state index is 12.4. The first-order chi connectivity index (χ1) is 11.2. The van der Waals surface area contributed by atoms with Crippen LogP contribution < -0.4 is 10.6 Å². The molecule has 0 fully saturated rings. The van der Waals surface area contributed by atoms with Gasteiger partial charge in [-0.15, -0.1) is 0 Å². The highest BCUT2D eigenvalue weighted by Gasteiger charge is 2.32. The molecule has 23 heavy (non-hydrogen) atoms. The van der Waals surface area contributed by atoms with Gasteiger partial charge in [-0.25, -0.2) is 9.97 Å². The van der Waals surface area contributed by atoms with Gasteiger partial charge >= 0.3 is 0 Å². The van der Waals surface area contributed by atoms with Crippen molar-refractivity contribution in [1.29, 1.82) is 0 Å². The number of aromatic amines is 1. The number of hydrogen-bond donors (Lipinski definition) is 2. The minimum absolute atomic E-state index is 0.0193. The van der Waals surface area contributed by atoms with Crippen molar-refractivity contribution < 1.29 is 4.79 Å². The van der Waals surface area contributed by atoms with Gasteiger partial charge < -0.3 is 5.73 Å². The molecular formula is C16H14N6O. The van der Waals surface area contributed by atoms with Gasteiger partial charge in [-0.2, -0.15) is 5.10 Å². The van der Waals surface area contributed by atoms with Crippen LogP contribution >= 0.6 is 0 Å². The van der Waals surface area contributed by atoms with E-state index in [0.717, 1.165) is 11.1 Å². The van der Waals surface area contributed by atoms with Crippen molar-refractivity contribution in [3.63, 3.8) is 0 Å². The summed E-state index contributed by atoms with van der Waals surface area (Å²) in [6.45, 7) is 0.466. The number of aromatic nitrogens is 4. The molecule has 0 radical (unpaired) electrons. The molecule has 7 nitrogen and oxygen atoms in total. The lowest BCUT2D eigenvalue weighted by Gasteiger charge is -2.17. The molecule has 7 heteroatoms. The first-order valence-electron chi connectivity index (χ1n) is 7.22. The van der Waals surface area contributed by atoms with Crippen LogP contribution in [0.25, 0.3) is 11.4 Å². The Hall–Kier alpha value is -3.22. The maximum Gasteiger partial charge on any atom is 0.233 e. The molecule has 0 saturated heterocycles. The van der Waals surface area contributed by atoms with E-state index in [0.29, 0.717) is 29.6 Å². The number of fused-ring (bicyclic) bond motifs is 1. The number of H-pyrrole nitrogens is 1.